The highest BCUT2D eigenvalue weighted by molar-refractivity contribution is 7.14. The van der Waals surface area contributed by atoms with Gasteiger partial charge >= 0.3 is 0 Å². The van der Waals surface area contributed by atoms with Crippen LogP contribution in [0.5, 0.6) is 5.75 Å². The van der Waals surface area contributed by atoms with Crippen molar-refractivity contribution < 1.29 is 4.74 Å². The number of anilines is 2. The summed E-state index contributed by atoms with van der Waals surface area (Å²) in [4.78, 5) is 0. The Kier molecular flexibility index (Phi) is 4.78. The van der Waals surface area contributed by atoms with Crippen molar-refractivity contribution in [2.75, 3.05) is 12.4 Å². The number of nitrogens with zero attached hydrogens (tertiary/aromatic N) is 1. The van der Waals surface area contributed by atoms with Crippen LogP contribution in [0, 0.1) is 17.8 Å². The first-order valence-electron chi connectivity index (χ1n) is 10.8. The number of hydrogen-bond acceptors (Lipinski definition) is 4. The molecule has 1 aromatic heterocycles. The maximum absolute atomic E-state index is 5.47. The molecular formula is C25H30N2OS. The molecule has 5 rings (SSSR count). The fourth-order valence-electron chi connectivity index (χ4n) is 6.11. The minimum atomic E-state index is 0.326. The van der Waals surface area contributed by atoms with Crippen LogP contribution in [0.1, 0.15) is 51.5 Å². The number of nitrogens with one attached hydrogen (secondary N) is 1. The van der Waals surface area contributed by atoms with E-state index in [9.17, 15) is 0 Å². The van der Waals surface area contributed by atoms with Gasteiger partial charge in [-0.05, 0) is 96.6 Å². The van der Waals surface area contributed by atoms with Gasteiger partial charge in [0.2, 0.25) is 0 Å². The number of benzene rings is 2. The Morgan fingerprint density at radius 1 is 1.03 bits per heavy atom. The first-order chi connectivity index (χ1) is 14.0. The summed E-state index contributed by atoms with van der Waals surface area (Å²) in [5.41, 5.74) is 2.92. The summed E-state index contributed by atoms with van der Waals surface area (Å²) in [5.74, 6) is 4.53. The van der Waals surface area contributed by atoms with Crippen molar-refractivity contribution in [1.82, 2.24) is 4.37 Å². The molecule has 2 saturated carbocycles. The fourth-order valence-corrected chi connectivity index (χ4v) is 6.94. The largest absolute Gasteiger partial charge is 0.495 e. The van der Waals surface area contributed by atoms with E-state index in [4.69, 9.17) is 4.74 Å². The average molecular weight is 407 g/mol. The van der Waals surface area contributed by atoms with Gasteiger partial charge in [-0.3, -0.25) is 0 Å². The zero-order valence-corrected chi connectivity index (χ0v) is 18.4. The molecule has 4 heteroatoms. The third kappa shape index (κ3) is 3.52. The monoisotopic (exact) mass is 406 g/mol. The molecule has 152 valence electrons. The molecule has 0 amide bonds. The maximum Gasteiger partial charge on any atom is 0.152 e. The van der Waals surface area contributed by atoms with E-state index in [0.29, 0.717) is 5.41 Å². The van der Waals surface area contributed by atoms with Gasteiger partial charge in [0.1, 0.15) is 5.75 Å². The number of ether oxygens (including phenoxy) is 1. The highest BCUT2D eigenvalue weighted by atomic mass is 32.1. The van der Waals surface area contributed by atoms with E-state index in [2.05, 4.69) is 53.9 Å². The second kappa shape index (κ2) is 7.32. The van der Waals surface area contributed by atoms with Crippen molar-refractivity contribution in [1.29, 1.82) is 0 Å². The summed E-state index contributed by atoms with van der Waals surface area (Å²) >= 11 is 1.48. The minimum Gasteiger partial charge on any atom is -0.495 e. The number of rotatable bonds is 4. The Morgan fingerprint density at radius 2 is 1.76 bits per heavy atom. The first kappa shape index (κ1) is 18.9. The number of fused-ring (bicyclic) bond motifs is 3. The van der Waals surface area contributed by atoms with Crippen LogP contribution in [-0.2, 0) is 5.41 Å². The van der Waals surface area contributed by atoms with Gasteiger partial charge in [0.25, 0.3) is 0 Å². The van der Waals surface area contributed by atoms with Gasteiger partial charge in [0.15, 0.2) is 5.82 Å². The fraction of sp³-hybridized carbons (Fsp3) is 0.480. The van der Waals surface area contributed by atoms with Crippen molar-refractivity contribution in [3.63, 3.8) is 0 Å². The third-order valence-corrected chi connectivity index (χ3v) is 8.02. The van der Waals surface area contributed by atoms with Crippen molar-refractivity contribution in [2.24, 2.45) is 17.8 Å². The van der Waals surface area contributed by atoms with Crippen LogP contribution < -0.4 is 10.1 Å². The van der Waals surface area contributed by atoms with Crippen LogP contribution in [0.4, 0.5) is 11.5 Å². The maximum atomic E-state index is 5.47. The van der Waals surface area contributed by atoms with Crippen molar-refractivity contribution >= 4 is 33.1 Å². The Balaban J connectivity index is 1.36. The molecule has 3 aromatic rings. The Bertz CT molecular complexity index is 991. The molecule has 2 atom stereocenters. The van der Waals surface area contributed by atoms with Crippen molar-refractivity contribution in [3.8, 4) is 5.75 Å². The molecule has 2 aliphatic carbocycles. The highest BCUT2D eigenvalue weighted by Crippen LogP contribution is 2.51. The van der Waals surface area contributed by atoms with Gasteiger partial charge in [-0.1, -0.05) is 32.0 Å². The Hall–Kier alpha value is -2.07. The lowest BCUT2D eigenvalue weighted by Crippen LogP contribution is -2.38. The second-order valence-electron chi connectivity index (χ2n) is 9.58. The van der Waals surface area contributed by atoms with Crippen LogP contribution in [-0.4, -0.2) is 11.5 Å². The normalized spacial score (nSPS) is 29.0. The van der Waals surface area contributed by atoms with Crippen LogP contribution in [0.25, 0.3) is 10.1 Å². The van der Waals surface area contributed by atoms with Gasteiger partial charge in [-0.15, -0.1) is 0 Å². The van der Waals surface area contributed by atoms with E-state index in [-0.39, 0.29) is 0 Å². The summed E-state index contributed by atoms with van der Waals surface area (Å²) in [6.45, 7) is 4.94. The molecule has 3 nitrogen and oxygen atoms in total. The zero-order valence-electron chi connectivity index (χ0n) is 17.6. The molecule has 0 radical (unpaired) electrons. The lowest BCUT2D eigenvalue weighted by atomic mass is 9.57. The van der Waals surface area contributed by atoms with E-state index >= 15 is 0 Å². The molecular weight excluding hydrogens is 376 g/mol. The predicted molar refractivity (Wildman–Crippen MR) is 122 cm³/mol. The summed E-state index contributed by atoms with van der Waals surface area (Å²) < 4.78 is 11.2. The van der Waals surface area contributed by atoms with Crippen LogP contribution in [0.15, 0.2) is 42.5 Å². The van der Waals surface area contributed by atoms with E-state index < -0.39 is 0 Å². The predicted octanol–water partition coefficient (Wildman–Crippen LogP) is 7.15. The van der Waals surface area contributed by atoms with Crippen molar-refractivity contribution in [3.05, 3.63) is 48.0 Å². The molecule has 1 N–H and O–H groups in total. The molecule has 2 aliphatic rings. The smallest absolute Gasteiger partial charge is 0.152 e. The summed E-state index contributed by atoms with van der Waals surface area (Å²) in [6.07, 6.45) is 6.99. The molecule has 29 heavy (non-hydrogen) atoms. The molecule has 1 heterocycles. The van der Waals surface area contributed by atoms with Crippen LogP contribution in [0.2, 0.25) is 0 Å². The Morgan fingerprint density at radius 3 is 2.45 bits per heavy atom. The molecule has 2 aromatic carbocycles. The Labute approximate surface area is 177 Å². The molecule has 0 aliphatic heterocycles. The summed E-state index contributed by atoms with van der Waals surface area (Å²) in [7, 11) is 1.71. The topological polar surface area (TPSA) is 34.1 Å². The molecule has 2 fully saturated rings. The minimum absolute atomic E-state index is 0.326. The zero-order chi connectivity index (χ0) is 20.0. The summed E-state index contributed by atoms with van der Waals surface area (Å²) in [6, 6.07) is 15.2. The number of hydrogen-bond donors (Lipinski definition) is 1. The SMILES string of the molecule is COc1cccc2c(Nc3ccc(C4(C)CC5CC(C)CC(C5)C4)cc3)nsc12. The van der Waals surface area contributed by atoms with E-state index in [1.54, 1.807) is 7.11 Å². The van der Waals surface area contributed by atoms with Gasteiger partial charge in [-0.25, -0.2) is 0 Å². The van der Waals surface area contributed by atoms with E-state index in [1.165, 1.54) is 49.2 Å². The lowest BCUT2D eigenvalue weighted by molar-refractivity contribution is 0.0899. The van der Waals surface area contributed by atoms with Gasteiger partial charge in [0, 0.05) is 11.1 Å². The van der Waals surface area contributed by atoms with Gasteiger partial charge in [-0.2, -0.15) is 4.37 Å². The average Bonchev–Trinajstić information content (AvgIpc) is 3.10. The number of methoxy groups -OCH3 is 1. The molecule has 0 spiro atoms. The summed E-state index contributed by atoms with van der Waals surface area (Å²) in [5, 5.41) is 4.62. The number of aromatic nitrogens is 1. The third-order valence-electron chi connectivity index (χ3n) is 7.14. The first-order valence-corrected chi connectivity index (χ1v) is 11.6. The molecule has 0 saturated heterocycles. The lowest BCUT2D eigenvalue weighted by Gasteiger charge is -2.47. The van der Waals surface area contributed by atoms with E-state index in [0.717, 1.165) is 45.1 Å². The molecule has 2 bridgehead atoms. The second-order valence-corrected chi connectivity index (χ2v) is 10.4. The van der Waals surface area contributed by atoms with Crippen LogP contribution in [0.3, 0.4) is 0 Å². The quantitative estimate of drug-likeness (QED) is 0.499. The van der Waals surface area contributed by atoms with Gasteiger partial charge in [0.05, 0.1) is 11.8 Å². The van der Waals surface area contributed by atoms with E-state index in [1.807, 2.05) is 12.1 Å². The molecule has 2 unspecified atom stereocenters. The standard InChI is InChI=1S/C25H30N2OS/c1-16-11-17-13-18(12-16)15-25(2,14-17)19-7-9-20(10-8-19)26-24-21-5-4-6-22(28-3)23(21)29-27-24/h4-10,16-18H,11-15H2,1-3H3,(H,26,27). The highest BCUT2D eigenvalue weighted by Gasteiger charge is 2.41. The van der Waals surface area contributed by atoms with Crippen molar-refractivity contribution in [2.45, 2.75) is 51.4 Å². The van der Waals surface area contributed by atoms with Gasteiger partial charge < -0.3 is 10.1 Å². The van der Waals surface area contributed by atoms with Crippen LogP contribution >= 0.6 is 11.5 Å².